The Bertz CT molecular complexity index is 886. The maximum absolute atomic E-state index is 12.0. The molecule has 3 rings (SSSR count). The third-order valence-electron chi connectivity index (χ3n) is 3.67. The average Bonchev–Trinajstić information content (AvgIpc) is 2.69. The lowest BCUT2D eigenvalue weighted by Gasteiger charge is -2.10. The minimum Gasteiger partial charge on any atom is -0.493 e. The van der Waals surface area contributed by atoms with Crippen LogP contribution in [0.1, 0.15) is 0 Å². The first-order valence-corrected chi connectivity index (χ1v) is 9.26. The van der Waals surface area contributed by atoms with E-state index in [1.807, 2.05) is 60.7 Å². The monoisotopic (exact) mass is 368 g/mol. The summed E-state index contributed by atoms with van der Waals surface area (Å²) in [6, 6.07) is 19.3. The van der Waals surface area contributed by atoms with Gasteiger partial charge < -0.3 is 14.8 Å². The van der Waals surface area contributed by atoms with Crippen molar-refractivity contribution in [2.75, 3.05) is 26.0 Å². The number of nitrogens with one attached hydrogen (secondary N) is 1. The molecule has 0 bridgehead atoms. The van der Waals surface area contributed by atoms with Gasteiger partial charge in [0.1, 0.15) is 6.61 Å². The quantitative estimate of drug-likeness (QED) is 0.487. The molecule has 0 atom stereocenters. The summed E-state index contributed by atoms with van der Waals surface area (Å²) in [6.07, 6.45) is 0. The second kappa shape index (κ2) is 9.10. The van der Waals surface area contributed by atoms with Gasteiger partial charge in [0, 0.05) is 5.39 Å². The minimum atomic E-state index is -0.0476. The number of hydrogen-bond donors (Lipinski definition) is 1. The van der Waals surface area contributed by atoms with Crippen molar-refractivity contribution in [3.8, 4) is 11.5 Å². The normalized spacial score (nSPS) is 10.5. The fourth-order valence-electron chi connectivity index (χ4n) is 2.41. The van der Waals surface area contributed by atoms with Gasteiger partial charge in [0.2, 0.25) is 5.91 Å². The van der Waals surface area contributed by atoms with Crippen molar-refractivity contribution in [1.29, 1.82) is 0 Å². The number of carbonyl (C=O) groups excluding carboxylic acids is 1. The minimum absolute atomic E-state index is 0.0476. The van der Waals surface area contributed by atoms with Gasteiger partial charge in [-0.05, 0) is 24.3 Å². The molecule has 134 valence electrons. The van der Waals surface area contributed by atoms with E-state index < -0.39 is 0 Å². The molecule has 0 fully saturated rings. The summed E-state index contributed by atoms with van der Waals surface area (Å²) in [5.74, 6) is 1.62. The van der Waals surface area contributed by atoms with E-state index in [1.165, 1.54) is 11.8 Å². The van der Waals surface area contributed by atoms with Crippen molar-refractivity contribution in [2.24, 2.45) is 0 Å². The van der Waals surface area contributed by atoms with E-state index in [0.29, 0.717) is 30.4 Å². The molecule has 0 radical (unpaired) electrons. The molecule has 2 aromatic carbocycles. The SMILES string of the molecule is COc1ccccc1OCCNC(=O)CSc1ccc2ccccc2n1. The zero-order chi connectivity index (χ0) is 18.2. The van der Waals surface area contributed by atoms with Crippen LogP contribution in [0.25, 0.3) is 10.9 Å². The van der Waals surface area contributed by atoms with Crippen molar-refractivity contribution in [2.45, 2.75) is 5.03 Å². The van der Waals surface area contributed by atoms with Crippen molar-refractivity contribution < 1.29 is 14.3 Å². The summed E-state index contributed by atoms with van der Waals surface area (Å²) in [7, 11) is 1.60. The molecular formula is C20H20N2O3S. The molecule has 0 unspecified atom stereocenters. The van der Waals surface area contributed by atoms with Crippen LogP contribution in [-0.4, -0.2) is 36.9 Å². The van der Waals surface area contributed by atoms with Crippen molar-refractivity contribution in [3.05, 3.63) is 60.7 Å². The molecule has 0 spiro atoms. The molecule has 0 aliphatic heterocycles. The zero-order valence-corrected chi connectivity index (χ0v) is 15.3. The molecule has 0 aliphatic rings. The Balaban J connectivity index is 1.41. The number of pyridine rings is 1. The number of rotatable bonds is 8. The van der Waals surface area contributed by atoms with Gasteiger partial charge in [0.05, 0.1) is 30.0 Å². The molecular weight excluding hydrogens is 348 g/mol. The highest BCUT2D eigenvalue weighted by Crippen LogP contribution is 2.25. The molecule has 1 amide bonds. The second-order valence-corrected chi connectivity index (χ2v) is 6.48. The number of ether oxygens (including phenoxy) is 2. The predicted molar refractivity (Wildman–Crippen MR) is 104 cm³/mol. The van der Waals surface area contributed by atoms with Gasteiger partial charge in [-0.1, -0.05) is 48.2 Å². The fraction of sp³-hybridized carbons (Fsp3) is 0.200. The maximum Gasteiger partial charge on any atom is 0.230 e. The van der Waals surface area contributed by atoms with Gasteiger partial charge in [-0.3, -0.25) is 4.79 Å². The number of carbonyl (C=O) groups is 1. The fourth-order valence-corrected chi connectivity index (χ4v) is 3.12. The lowest BCUT2D eigenvalue weighted by molar-refractivity contribution is -0.118. The van der Waals surface area contributed by atoms with Crippen LogP contribution in [0, 0.1) is 0 Å². The van der Waals surface area contributed by atoms with Crippen LogP contribution in [-0.2, 0) is 4.79 Å². The Morgan fingerprint density at radius 1 is 1.04 bits per heavy atom. The topological polar surface area (TPSA) is 60.5 Å². The number of methoxy groups -OCH3 is 1. The van der Waals surface area contributed by atoms with Gasteiger partial charge in [-0.15, -0.1) is 0 Å². The van der Waals surface area contributed by atoms with Gasteiger partial charge in [-0.2, -0.15) is 0 Å². The van der Waals surface area contributed by atoms with Crippen molar-refractivity contribution in [3.63, 3.8) is 0 Å². The maximum atomic E-state index is 12.0. The summed E-state index contributed by atoms with van der Waals surface area (Å²) < 4.78 is 10.8. The first kappa shape index (κ1) is 18.1. The molecule has 0 saturated heterocycles. The van der Waals surface area contributed by atoms with Crippen LogP contribution < -0.4 is 14.8 Å². The molecule has 3 aromatic rings. The third-order valence-corrected chi connectivity index (χ3v) is 4.60. The van der Waals surface area contributed by atoms with Crippen LogP contribution >= 0.6 is 11.8 Å². The Hall–Kier alpha value is -2.73. The summed E-state index contributed by atoms with van der Waals surface area (Å²) in [4.78, 5) is 16.5. The number of benzene rings is 2. The molecule has 6 heteroatoms. The lowest BCUT2D eigenvalue weighted by Crippen LogP contribution is -2.29. The van der Waals surface area contributed by atoms with E-state index in [0.717, 1.165) is 15.9 Å². The highest BCUT2D eigenvalue weighted by atomic mass is 32.2. The highest BCUT2D eigenvalue weighted by molar-refractivity contribution is 7.99. The highest BCUT2D eigenvalue weighted by Gasteiger charge is 2.06. The summed E-state index contributed by atoms with van der Waals surface area (Å²) in [5, 5.41) is 4.77. The van der Waals surface area contributed by atoms with Crippen LogP contribution in [0.15, 0.2) is 65.7 Å². The first-order valence-electron chi connectivity index (χ1n) is 8.27. The van der Waals surface area contributed by atoms with Crippen LogP contribution in [0.5, 0.6) is 11.5 Å². The molecule has 1 N–H and O–H groups in total. The number of para-hydroxylation sites is 3. The Morgan fingerprint density at radius 2 is 1.81 bits per heavy atom. The van der Waals surface area contributed by atoms with E-state index in [9.17, 15) is 4.79 Å². The third kappa shape index (κ3) is 4.89. The molecule has 5 nitrogen and oxygen atoms in total. The first-order chi connectivity index (χ1) is 12.8. The number of fused-ring (bicyclic) bond motifs is 1. The van der Waals surface area contributed by atoms with E-state index in [2.05, 4.69) is 10.3 Å². The standard InChI is InChI=1S/C20H20N2O3S/c1-24-17-8-4-5-9-18(17)25-13-12-21-19(23)14-26-20-11-10-15-6-2-3-7-16(15)22-20/h2-11H,12-14H2,1H3,(H,21,23). The molecule has 0 aliphatic carbocycles. The Morgan fingerprint density at radius 3 is 2.65 bits per heavy atom. The Labute approximate surface area is 156 Å². The molecule has 26 heavy (non-hydrogen) atoms. The summed E-state index contributed by atoms with van der Waals surface area (Å²) in [5.41, 5.74) is 0.933. The van der Waals surface area contributed by atoms with Gasteiger partial charge in [0.25, 0.3) is 0 Å². The van der Waals surface area contributed by atoms with Crippen molar-refractivity contribution in [1.82, 2.24) is 10.3 Å². The largest absolute Gasteiger partial charge is 0.493 e. The van der Waals surface area contributed by atoms with Crippen LogP contribution in [0.4, 0.5) is 0 Å². The van der Waals surface area contributed by atoms with Crippen LogP contribution in [0.3, 0.4) is 0 Å². The average molecular weight is 368 g/mol. The van der Waals surface area contributed by atoms with Crippen molar-refractivity contribution >= 4 is 28.6 Å². The Kier molecular flexibility index (Phi) is 6.33. The number of amides is 1. The predicted octanol–water partition coefficient (Wildman–Crippen LogP) is 3.53. The molecule has 1 aromatic heterocycles. The number of nitrogens with zero attached hydrogens (tertiary/aromatic N) is 1. The van der Waals surface area contributed by atoms with E-state index in [4.69, 9.17) is 9.47 Å². The zero-order valence-electron chi connectivity index (χ0n) is 14.5. The molecule has 0 saturated carbocycles. The van der Waals surface area contributed by atoms with Gasteiger partial charge in [0.15, 0.2) is 11.5 Å². The lowest BCUT2D eigenvalue weighted by atomic mass is 10.2. The number of aromatic nitrogens is 1. The number of hydrogen-bond acceptors (Lipinski definition) is 5. The van der Waals surface area contributed by atoms with Gasteiger partial charge >= 0.3 is 0 Å². The number of thioether (sulfide) groups is 1. The summed E-state index contributed by atoms with van der Waals surface area (Å²) in [6.45, 7) is 0.813. The molecule has 1 heterocycles. The smallest absolute Gasteiger partial charge is 0.230 e. The summed E-state index contributed by atoms with van der Waals surface area (Å²) >= 11 is 1.42. The van der Waals surface area contributed by atoms with E-state index in [-0.39, 0.29) is 5.91 Å². The van der Waals surface area contributed by atoms with E-state index >= 15 is 0 Å². The van der Waals surface area contributed by atoms with Crippen LogP contribution in [0.2, 0.25) is 0 Å². The van der Waals surface area contributed by atoms with Gasteiger partial charge in [-0.25, -0.2) is 4.98 Å². The second-order valence-electron chi connectivity index (χ2n) is 5.48. The van der Waals surface area contributed by atoms with E-state index in [1.54, 1.807) is 7.11 Å².